The summed E-state index contributed by atoms with van der Waals surface area (Å²) in [6, 6.07) is 0. The average Bonchev–Trinajstić information content (AvgIpc) is 2.26. The molecule has 0 aromatic rings. The number of rotatable bonds is 2. The molecule has 0 amide bonds. The maximum atomic E-state index is 10.8. The van der Waals surface area contributed by atoms with Crippen LogP contribution in [0.4, 0.5) is 0 Å². The molecule has 0 fully saturated rings. The Hall–Kier alpha value is -0.740. The standard InChI is InChI=1S/C7H6Cl2O4/c1-7(4(9)5(10)11)2-3(8)6(12)13-7/h2,4H,1H3,(H,10,11)/p-1. The zero-order valence-corrected chi connectivity index (χ0v) is 8.06. The van der Waals surface area contributed by atoms with Gasteiger partial charge in [0, 0.05) is 0 Å². The second-order valence-electron chi connectivity index (χ2n) is 2.75. The van der Waals surface area contributed by atoms with Crippen molar-refractivity contribution >= 4 is 35.1 Å². The number of halogens is 2. The minimum absolute atomic E-state index is 0.172. The Balaban J connectivity index is 2.93. The van der Waals surface area contributed by atoms with Crippen molar-refractivity contribution < 1.29 is 19.4 Å². The Morgan fingerprint density at radius 3 is 2.62 bits per heavy atom. The molecule has 1 aliphatic rings. The molecule has 2 unspecified atom stereocenters. The van der Waals surface area contributed by atoms with Crippen LogP contribution in [0.1, 0.15) is 6.92 Å². The van der Waals surface area contributed by atoms with Crippen LogP contribution in [0.15, 0.2) is 11.1 Å². The van der Waals surface area contributed by atoms with Crippen LogP contribution in [-0.4, -0.2) is 22.9 Å². The Labute approximate surface area is 84.1 Å². The third-order valence-electron chi connectivity index (χ3n) is 1.63. The van der Waals surface area contributed by atoms with E-state index in [1.807, 2.05) is 0 Å². The lowest BCUT2D eigenvalue weighted by Crippen LogP contribution is -2.47. The fourth-order valence-electron chi connectivity index (χ4n) is 0.947. The third-order valence-corrected chi connectivity index (χ3v) is 2.51. The van der Waals surface area contributed by atoms with E-state index in [4.69, 9.17) is 23.2 Å². The van der Waals surface area contributed by atoms with Gasteiger partial charge in [-0.05, 0) is 13.0 Å². The minimum atomic E-state index is -1.51. The lowest BCUT2D eigenvalue weighted by atomic mass is 10.0. The minimum Gasteiger partial charge on any atom is -0.548 e. The van der Waals surface area contributed by atoms with Gasteiger partial charge in [0.1, 0.15) is 10.4 Å². The van der Waals surface area contributed by atoms with Crippen molar-refractivity contribution in [2.45, 2.75) is 17.9 Å². The predicted molar refractivity (Wildman–Crippen MR) is 43.1 cm³/mol. The molecule has 0 spiro atoms. The molecule has 72 valence electrons. The van der Waals surface area contributed by atoms with Gasteiger partial charge >= 0.3 is 5.97 Å². The highest BCUT2D eigenvalue weighted by Crippen LogP contribution is 2.31. The second-order valence-corrected chi connectivity index (χ2v) is 3.59. The molecule has 0 N–H and O–H groups in total. The van der Waals surface area contributed by atoms with E-state index in [2.05, 4.69) is 4.74 Å². The summed E-state index contributed by atoms with van der Waals surface area (Å²) >= 11 is 10.9. The molecule has 1 rings (SSSR count). The molecule has 0 saturated carbocycles. The molecule has 4 nitrogen and oxygen atoms in total. The van der Waals surface area contributed by atoms with Gasteiger partial charge in [0.25, 0.3) is 0 Å². The van der Waals surface area contributed by atoms with Crippen LogP contribution in [0.3, 0.4) is 0 Å². The maximum absolute atomic E-state index is 10.8. The predicted octanol–water partition coefficient (Wildman–Crippen LogP) is -0.218. The normalized spacial score (nSPS) is 29.5. The summed E-state index contributed by atoms with van der Waals surface area (Å²) < 4.78 is 4.67. The van der Waals surface area contributed by atoms with E-state index < -0.39 is 22.9 Å². The van der Waals surface area contributed by atoms with Gasteiger partial charge in [-0.3, -0.25) is 0 Å². The van der Waals surface area contributed by atoms with Crippen LogP contribution < -0.4 is 5.11 Å². The highest BCUT2D eigenvalue weighted by molar-refractivity contribution is 6.42. The first kappa shape index (κ1) is 10.3. The zero-order valence-electron chi connectivity index (χ0n) is 6.54. The van der Waals surface area contributed by atoms with Crippen LogP contribution in [-0.2, 0) is 14.3 Å². The van der Waals surface area contributed by atoms with Gasteiger partial charge in [0.05, 0.1) is 5.97 Å². The summed E-state index contributed by atoms with van der Waals surface area (Å²) in [5.74, 6) is -2.30. The summed E-state index contributed by atoms with van der Waals surface area (Å²) in [5.41, 5.74) is -1.42. The SMILES string of the molecule is CC1(C(Cl)C(=O)[O-])C=C(Cl)C(=O)O1. The first-order chi connectivity index (χ1) is 5.87. The molecule has 0 bridgehead atoms. The van der Waals surface area contributed by atoms with Crippen LogP contribution in [0.5, 0.6) is 0 Å². The van der Waals surface area contributed by atoms with Gasteiger partial charge in [-0.15, -0.1) is 11.6 Å². The number of hydrogen-bond donors (Lipinski definition) is 0. The lowest BCUT2D eigenvalue weighted by Gasteiger charge is -2.26. The molecule has 1 heterocycles. The van der Waals surface area contributed by atoms with Gasteiger partial charge < -0.3 is 14.6 Å². The number of carbonyl (C=O) groups excluding carboxylic acids is 2. The molecular weight excluding hydrogens is 219 g/mol. The number of alkyl halides is 1. The van der Waals surface area contributed by atoms with Crippen molar-refractivity contribution in [3.63, 3.8) is 0 Å². The molecule has 0 aliphatic carbocycles. The van der Waals surface area contributed by atoms with Crippen molar-refractivity contribution in [1.29, 1.82) is 0 Å². The smallest absolute Gasteiger partial charge is 0.350 e. The van der Waals surface area contributed by atoms with E-state index in [1.54, 1.807) is 0 Å². The van der Waals surface area contributed by atoms with Crippen molar-refractivity contribution in [2.75, 3.05) is 0 Å². The number of carboxylic acids is 1. The summed E-state index contributed by atoms with van der Waals surface area (Å²) in [7, 11) is 0. The fourth-order valence-corrected chi connectivity index (χ4v) is 1.31. The third kappa shape index (κ3) is 1.78. The van der Waals surface area contributed by atoms with Gasteiger partial charge in [-0.25, -0.2) is 4.79 Å². The maximum Gasteiger partial charge on any atom is 0.350 e. The average molecular weight is 224 g/mol. The molecular formula is C7H5Cl2O4-. The van der Waals surface area contributed by atoms with E-state index in [0.717, 1.165) is 6.08 Å². The lowest BCUT2D eigenvalue weighted by molar-refractivity contribution is -0.307. The summed E-state index contributed by atoms with van der Waals surface area (Å²) in [6.45, 7) is 1.34. The quantitative estimate of drug-likeness (QED) is 0.480. The molecule has 0 aromatic heterocycles. The summed E-state index contributed by atoms with van der Waals surface area (Å²) in [5, 5.41) is 8.78. The van der Waals surface area contributed by atoms with Crippen molar-refractivity contribution in [1.82, 2.24) is 0 Å². The second kappa shape index (κ2) is 3.20. The van der Waals surface area contributed by atoms with E-state index in [9.17, 15) is 14.7 Å². The van der Waals surface area contributed by atoms with Gasteiger partial charge in [-0.1, -0.05) is 11.6 Å². The van der Waals surface area contributed by atoms with Crippen molar-refractivity contribution in [3.05, 3.63) is 11.1 Å². The van der Waals surface area contributed by atoms with E-state index >= 15 is 0 Å². The Kier molecular flexibility index (Phi) is 2.54. The first-order valence-corrected chi connectivity index (χ1v) is 4.15. The number of aliphatic carboxylic acids is 1. The van der Waals surface area contributed by atoms with Gasteiger partial charge in [0.2, 0.25) is 0 Å². The first-order valence-electron chi connectivity index (χ1n) is 3.33. The van der Waals surface area contributed by atoms with Crippen LogP contribution in [0, 0.1) is 0 Å². The fraction of sp³-hybridized carbons (Fsp3) is 0.429. The Morgan fingerprint density at radius 1 is 1.77 bits per heavy atom. The number of carbonyl (C=O) groups is 2. The summed E-state index contributed by atoms with van der Waals surface area (Å²) in [6.07, 6.45) is 1.16. The highest BCUT2D eigenvalue weighted by atomic mass is 35.5. The van der Waals surface area contributed by atoms with Gasteiger partial charge in [-0.2, -0.15) is 0 Å². The largest absolute Gasteiger partial charge is 0.548 e. The van der Waals surface area contributed by atoms with Crippen molar-refractivity contribution in [2.24, 2.45) is 0 Å². The van der Waals surface area contributed by atoms with E-state index in [0.29, 0.717) is 0 Å². The molecule has 0 aromatic carbocycles. The van der Waals surface area contributed by atoms with Gasteiger partial charge in [0.15, 0.2) is 5.60 Å². The summed E-state index contributed by atoms with van der Waals surface area (Å²) in [4.78, 5) is 21.2. The monoisotopic (exact) mass is 223 g/mol. The molecule has 2 atom stereocenters. The number of ether oxygens (including phenoxy) is 1. The van der Waals surface area contributed by atoms with Crippen LogP contribution in [0.2, 0.25) is 0 Å². The molecule has 1 aliphatic heterocycles. The van der Waals surface area contributed by atoms with Crippen molar-refractivity contribution in [3.8, 4) is 0 Å². The molecule has 13 heavy (non-hydrogen) atoms. The molecule has 0 saturated heterocycles. The van der Waals surface area contributed by atoms with Crippen LogP contribution >= 0.6 is 23.2 Å². The molecule has 6 heteroatoms. The number of hydrogen-bond acceptors (Lipinski definition) is 4. The zero-order chi connectivity index (χ0) is 10.2. The Morgan fingerprint density at radius 2 is 2.31 bits per heavy atom. The van der Waals surface area contributed by atoms with E-state index in [-0.39, 0.29) is 5.03 Å². The Bertz CT molecular complexity index is 299. The number of cyclic esters (lactones) is 1. The van der Waals surface area contributed by atoms with Crippen LogP contribution in [0.25, 0.3) is 0 Å². The van der Waals surface area contributed by atoms with E-state index in [1.165, 1.54) is 6.92 Å². The molecule has 0 radical (unpaired) electrons. The number of carboxylic acid groups (broad SMARTS) is 1. The highest BCUT2D eigenvalue weighted by Gasteiger charge is 2.42. The number of esters is 1. The topological polar surface area (TPSA) is 66.4 Å².